The fraction of sp³-hybridized carbons (Fsp3) is 0.478. The van der Waals surface area contributed by atoms with Crippen LogP contribution >= 0.6 is 0 Å². The van der Waals surface area contributed by atoms with Crippen LogP contribution in [0.15, 0.2) is 36.7 Å². The first-order chi connectivity index (χ1) is 15.8. The van der Waals surface area contributed by atoms with E-state index in [1.165, 1.54) is 0 Å². The summed E-state index contributed by atoms with van der Waals surface area (Å²) < 4.78 is 7.47. The largest absolute Gasteiger partial charge is 0.379 e. The van der Waals surface area contributed by atoms with Crippen molar-refractivity contribution in [1.82, 2.24) is 29.3 Å². The number of benzene rings is 1. The molecule has 1 N–H and O–H groups in total. The Morgan fingerprint density at radius 1 is 1.00 bits per heavy atom. The van der Waals surface area contributed by atoms with E-state index in [9.17, 15) is 4.79 Å². The van der Waals surface area contributed by atoms with Gasteiger partial charge in [0.1, 0.15) is 5.52 Å². The number of hydrogen-bond donors (Lipinski definition) is 1. The maximum absolute atomic E-state index is 12.0. The summed E-state index contributed by atoms with van der Waals surface area (Å²) in [6, 6.07) is 10.0. The molecule has 3 aromatic rings. The highest BCUT2D eigenvalue weighted by atomic mass is 16.5. The number of rotatable bonds is 8. The van der Waals surface area contributed by atoms with Crippen LogP contribution in [0.3, 0.4) is 0 Å². The number of anilines is 1. The van der Waals surface area contributed by atoms with Gasteiger partial charge < -0.3 is 19.5 Å². The summed E-state index contributed by atoms with van der Waals surface area (Å²) in [4.78, 5) is 30.6. The van der Waals surface area contributed by atoms with E-state index in [-0.39, 0.29) is 5.91 Å². The lowest BCUT2D eigenvalue weighted by atomic mass is 10.2. The van der Waals surface area contributed by atoms with Gasteiger partial charge in [0.05, 0.1) is 19.5 Å². The number of carbonyl (C=O) groups excluding carboxylic acids is 1. The normalized spacial score (nSPS) is 17.4. The predicted molar refractivity (Wildman–Crippen MR) is 122 cm³/mol. The molecular formula is C23H29N7O2. The fourth-order valence-electron chi connectivity index (χ4n) is 4.27. The monoisotopic (exact) mass is 435 g/mol. The zero-order valence-corrected chi connectivity index (χ0v) is 18.2. The molecule has 2 aliphatic heterocycles. The van der Waals surface area contributed by atoms with Gasteiger partial charge in [-0.2, -0.15) is 0 Å². The Kier molecular flexibility index (Phi) is 6.27. The van der Waals surface area contributed by atoms with Crippen molar-refractivity contribution in [3.63, 3.8) is 0 Å². The first kappa shape index (κ1) is 20.8. The number of fused-ring (bicyclic) bond motifs is 1. The lowest BCUT2D eigenvalue weighted by Crippen LogP contribution is -2.39. The van der Waals surface area contributed by atoms with Crippen molar-refractivity contribution >= 4 is 22.9 Å². The Hall–Kier alpha value is -3.04. The van der Waals surface area contributed by atoms with Gasteiger partial charge in [0.25, 0.3) is 0 Å². The Morgan fingerprint density at radius 3 is 2.62 bits per heavy atom. The SMILES string of the molecule is O=C1CCCN1CCn1cnc2c(NCCN3CCOCC3)nc(-c3ccccc3)nc21. The Bertz CT molecular complexity index is 1060. The highest BCUT2D eigenvalue weighted by molar-refractivity contribution is 5.85. The van der Waals surface area contributed by atoms with Crippen LogP contribution in [-0.4, -0.2) is 87.7 Å². The van der Waals surface area contributed by atoms with Gasteiger partial charge in [-0.3, -0.25) is 9.69 Å². The van der Waals surface area contributed by atoms with Crippen LogP contribution in [0.5, 0.6) is 0 Å². The molecule has 1 amide bonds. The molecule has 0 aliphatic carbocycles. The van der Waals surface area contributed by atoms with Crippen LogP contribution < -0.4 is 5.32 Å². The summed E-state index contributed by atoms with van der Waals surface area (Å²) >= 11 is 0. The number of carbonyl (C=O) groups is 1. The van der Waals surface area contributed by atoms with Gasteiger partial charge >= 0.3 is 0 Å². The third-order valence-electron chi connectivity index (χ3n) is 6.10. The summed E-state index contributed by atoms with van der Waals surface area (Å²) in [6.45, 7) is 7.38. The molecule has 2 saturated heterocycles. The molecule has 168 valence electrons. The number of likely N-dealkylation sites (tertiary alicyclic amines) is 1. The number of imidazole rings is 1. The van der Waals surface area contributed by atoms with Crippen LogP contribution in [0.2, 0.25) is 0 Å². The summed E-state index contributed by atoms with van der Waals surface area (Å²) in [7, 11) is 0. The zero-order valence-electron chi connectivity index (χ0n) is 18.2. The van der Waals surface area contributed by atoms with Crippen molar-refractivity contribution in [1.29, 1.82) is 0 Å². The van der Waals surface area contributed by atoms with Crippen LogP contribution in [0.1, 0.15) is 12.8 Å². The van der Waals surface area contributed by atoms with Gasteiger partial charge in [-0.25, -0.2) is 15.0 Å². The zero-order chi connectivity index (χ0) is 21.8. The molecule has 0 spiro atoms. The van der Waals surface area contributed by atoms with Crippen molar-refractivity contribution in [2.75, 3.05) is 57.8 Å². The average molecular weight is 436 g/mol. The van der Waals surface area contributed by atoms with Crippen LogP contribution in [0.4, 0.5) is 5.82 Å². The van der Waals surface area contributed by atoms with Gasteiger partial charge in [0, 0.05) is 57.8 Å². The third-order valence-corrected chi connectivity index (χ3v) is 6.10. The van der Waals surface area contributed by atoms with Gasteiger partial charge in [0.2, 0.25) is 5.91 Å². The second kappa shape index (κ2) is 9.62. The van der Waals surface area contributed by atoms with Crippen molar-refractivity contribution in [2.45, 2.75) is 19.4 Å². The predicted octanol–water partition coefficient (Wildman–Crippen LogP) is 1.86. The Labute approximate surface area is 187 Å². The lowest BCUT2D eigenvalue weighted by molar-refractivity contribution is -0.127. The van der Waals surface area contributed by atoms with Crippen molar-refractivity contribution in [3.05, 3.63) is 36.7 Å². The number of amides is 1. The number of nitrogens with zero attached hydrogens (tertiary/aromatic N) is 6. The minimum Gasteiger partial charge on any atom is -0.379 e. The standard InChI is InChI=1S/C23H29N7O2/c31-19-7-4-9-29(19)11-12-30-17-25-20-22(24-8-10-28-13-15-32-16-14-28)26-21(27-23(20)30)18-5-2-1-3-6-18/h1-3,5-6,17H,4,7-16H2,(H,24,26,27). The van der Waals surface area contributed by atoms with E-state index < -0.39 is 0 Å². The summed E-state index contributed by atoms with van der Waals surface area (Å²) in [6.07, 6.45) is 3.41. The lowest BCUT2D eigenvalue weighted by Gasteiger charge is -2.26. The molecule has 0 atom stereocenters. The smallest absolute Gasteiger partial charge is 0.222 e. The Morgan fingerprint density at radius 2 is 1.84 bits per heavy atom. The molecule has 5 rings (SSSR count). The van der Waals surface area contributed by atoms with E-state index in [0.717, 1.165) is 74.9 Å². The van der Waals surface area contributed by atoms with Crippen molar-refractivity contribution in [2.24, 2.45) is 0 Å². The minimum atomic E-state index is 0.236. The molecule has 2 fully saturated rings. The molecule has 0 unspecified atom stereocenters. The molecule has 2 aliphatic rings. The molecule has 0 bridgehead atoms. The van der Waals surface area contributed by atoms with Crippen LogP contribution in [-0.2, 0) is 16.1 Å². The van der Waals surface area contributed by atoms with E-state index in [4.69, 9.17) is 14.7 Å². The molecule has 2 aromatic heterocycles. The van der Waals surface area contributed by atoms with Crippen molar-refractivity contribution < 1.29 is 9.53 Å². The second-order valence-corrected chi connectivity index (χ2v) is 8.24. The molecular weight excluding hydrogens is 406 g/mol. The number of nitrogens with one attached hydrogen (secondary N) is 1. The molecule has 1 aromatic carbocycles. The first-order valence-corrected chi connectivity index (χ1v) is 11.4. The molecule has 32 heavy (non-hydrogen) atoms. The van der Waals surface area contributed by atoms with Crippen LogP contribution in [0, 0.1) is 0 Å². The fourth-order valence-corrected chi connectivity index (χ4v) is 4.27. The highest BCUT2D eigenvalue weighted by Crippen LogP contribution is 2.24. The summed E-state index contributed by atoms with van der Waals surface area (Å²) in [5, 5.41) is 3.49. The summed E-state index contributed by atoms with van der Waals surface area (Å²) in [5.74, 6) is 1.66. The maximum Gasteiger partial charge on any atom is 0.222 e. The summed E-state index contributed by atoms with van der Waals surface area (Å²) in [5.41, 5.74) is 2.52. The number of morpholine rings is 1. The van der Waals surface area contributed by atoms with Gasteiger partial charge in [-0.1, -0.05) is 30.3 Å². The molecule has 0 radical (unpaired) electrons. The number of hydrogen-bond acceptors (Lipinski definition) is 7. The van der Waals surface area contributed by atoms with Crippen molar-refractivity contribution in [3.8, 4) is 11.4 Å². The maximum atomic E-state index is 12.0. The topological polar surface area (TPSA) is 88.4 Å². The Balaban J connectivity index is 1.39. The molecule has 9 heteroatoms. The number of ether oxygens (including phenoxy) is 1. The third kappa shape index (κ3) is 4.58. The van der Waals surface area contributed by atoms with E-state index >= 15 is 0 Å². The van der Waals surface area contributed by atoms with Gasteiger partial charge in [-0.05, 0) is 6.42 Å². The van der Waals surface area contributed by atoms with Crippen LogP contribution in [0.25, 0.3) is 22.6 Å². The average Bonchev–Trinajstić information content (AvgIpc) is 3.44. The van der Waals surface area contributed by atoms with Gasteiger partial charge in [0.15, 0.2) is 17.3 Å². The van der Waals surface area contributed by atoms with E-state index in [0.29, 0.717) is 25.3 Å². The van der Waals surface area contributed by atoms with E-state index in [1.807, 2.05) is 46.1 Å². The first-order valence-electron chi connectivity index (χ1n) is 11.4. The highest BCUT2D eigenvalue weighted by Gasteiger charge is 2.21. The molecule has 9 nitrogen and oxygen atoms in total. The van der Waals surface area contributed by atoms with E-state index in [2.05, 4.69) is 15.2 Å². The molecule has 0 saturated carbocycles. The minimum absolute atomic E-state index is 0.236. The van der Waals surface area contributed by atoms with E-state index in [1.54, 1.807) is 0 Å². The molecule has 4 heterocycles. The second-order valence-electron chi connectivity index (χ2n) is 8.24. The number of aromatic nitrogens is 4. The quantitative estimate of drug-likeness (QED) is 0.578. The van der Waals surface area contributed by atoms with Gasteiger partial charge in [-0.15, -0.1) is 0 Å².